The van der Waals surface area contributed by atoms with E-state index in [1.807, 2.05) is 0 Å². The molecule has 0 saturated carbocycles. The van der Waals surface area contributed by atoms with Gasteiger partial charge in [0.05, 0.1) is 36.4 Å². The smallest absolute Gasteiger partial charge is 0.416 e. The Morgan fingerprint density at radius 3 is 2.56 bits per heavy atom. The molecule has 4 rings (SSSR count). The first-order valence-corrected chi connectivity index (χ1v) is 11.9. The summed E-state index contributed by atoms with van der Waals surface area (Å²) in [7, 11) is 1.42. The molecule has 3 aromatic carbocycles. The third kappa shape index (κ3) is 5.92. The Labute approximate surface area is 221 Å². The van der Waals surface area contributed by atoms with Gasteiger partial charge in [0.2, 0.25) is 0 Å². The van der Waals surface area contributed by atoms with Crippen molar-refractivity contribution in [2.45, 2.75) is 26.1 Å². The summed E-state index contributed by atoms with van der Waals surface area (Å²) in [6.45, 7) is 3.35. The maximum absolute atomic E-state index is 13.4. The van der Waals surface area contributed by atoms with Gasteiger partial charge in [-0.3, -0.25) is 4.79 Å². The Hall–Kier alpha value is -4.67. The van der Waals surface area contributed by atoms with Gasteiger partial charge in [-0.15, -0.1) is 0 Å². The van der Waals surface area contributed by atoms with Crippen molar-refractivity contribution in [1.29, 1.82) is 0 Å². The zero-order valence-corrected chi connectivity index (χ0v) is 21.2. The predicted molar refractivity (Wildman–Crippen MR) is 139 cm³/mol. The third-order valence-corrected chi connectivity index (χ3v) is 5.66. The van der Waals surface area contributed by atoms with Crippen molar-refractivity contribution < 1.29 is 32.2 Å². The van der Waals surface area contributed by atoms with E-state index < -0.39 is 29.4 Å². The number of hydrogen-bond acceptors (Lipinski definition) is 7. The molecular weight excluding hydrogens is 515 g/mol. The molecular formula is C28H24F3N3O5. The molecule has 0 fully saturated rings. The van der Waals surface area contributed by atoms with Gasteiger partial charge in [0.15, 0.2) is 23.4 Å². The van der Waals surface area contributed by atoms with E-state index in [-0.39, 0.29) is 34.9 Å². The average Bonchev–Trinajstić information content (AvgIpc) is 2.92. The second-order valence-electron chi connectivity index (χ2n) is 8.28. The van der Waals surface area contributed by atoms with Gasteiger partial charge in [0.25, 0.3) is 5.56 Å². The number of carbonyl (C=O) groups excluding carboxylic acids is 1. The van der Waals surface area contributed by atoms with E-state index in [2.05, 4.69) is 10.1 Å². The van der Waals surface area contributed by atoms with Crippen LogP contribution in [0.15, 0.2) is 76.6 Å². The topological polar surface area (TPSA) is 92.0 Å². The van der Waals surface area contributed by atoms with Crippen molar-refractivity contribution in [2.75, 3.05) is 13.7 Å². The molecule has 4 aromatic rings. The van der Waals surface area contributed by atoms with Gasteiger partial charge in [-0.2, -0.15) is 22.9 Å². The summed E-state index contributed by atoms with van der Waals surface area (Å²) in [5, 5.41) is 4.53. The molecule has 0 aliphatic carbocycles. The zero-order chi connectivity index (χ0) is 28.2. The number of aromatic nitrogens is 2. The maximum Gasteiger partial charge on any atom is 0.416 e. The Morgan fingerprint density at radius 2 is 1.85 bits per heavy atom. The van der Waals surface area contributed by atoms with Crippen LogP contribution in [0, 0.1) is 0 Å². The van der Waals surface area contributed by atoms with E-state index in [0.29, 0.717) is 11.1 Å². The predicted octanol–water partition coefficient (Wildman–Crippen LogP) is 5.30. The second-order valence-corrected chi connectivity index (χ2v) is 8.28. The maximum atomic E-state index is 13.4. The number of halogens is 3. The number of para-hydroxylation sites is 2. The summed E-state index contributed by atoms with van der Waals surface area (Å²) >= 11 is 0. The van der Waals surface area contributed by atoms with Gasteiger partial charge in [-0.05, 0) is 50.2 Å². The van der Waals surface area contributed by atoms with Crippen LogP contribution >= 0.6 is 0 Å². The number of carbonyl (C=O) groups is 1. The SMILES string of the molecule is CCOC(=O)[C@@H](C)Oc1c(C=Nn2c(-c3cccc(C(F)(F)F)c3)nc3ccccc3c2=O)cccc1OC. The highest BCUT2D eigenvalue weighted by Gasteiger charge is 2.31. The second kappa shape index (κ2) is 11.4. The fraction of sp³-hybridized carbons (Fsp3) is 0.214. The summed E-state index contributed by atoms with van der Waals surface area (Å²) in [6, 6.07) is 15.8. The minimum absolute atomic E-state index is 0.0443. The van der Waals surface area contributed by atoms with Crippen LogP contribution in [0.25, 0.3) is 22.3 Å². The highest BCUT2D eigenvalue weighted by atomic mass is 19.4. The van der Waals surface area contributed by atoms with E-state index in [9.17, 15) is 22.8 Å². The van der Waals surface area contributed by atoms with E-state index >= 15 is 0 Å². The highest BCUT2D eigenvalue weighted by Crippen LogP contribution is 2.33. The van der Waals surface area contributed by atoms with E-state index in [4.69, 9.17) is 14.2 Å². The van der Waals surface area contributed by atoms with Crippen LogP contribution in [-0.4, -0.2) is 41.7 Å². The fourth-order valence-electron chi connectivity index (χ4n) is 3.78. The van der Waals surface area contributed by atoms with Crippen LogP contribution in [0.3, 0.4) is 0 Å². The molecule has 0 aliphatic heterocycles. The Morgan fingerprint density at radius 1 is 1.10 bits per heavy atom. The highest BCUT2D eigenvalue weighted by molar-refractivity contribution is 5.86. The lowest BCUT2D eigenvalue weighted by Crippen LogP contribution is -2.26. The van der Waals surface area contributed by atoms with Gasteiger partial charge in [-0.25, -0.2) is 9.78 Å². The van der Waals surface area contributed by atoms with Crippen molar-refractivity contribution in [3.63, 3.8) is 0 Å². The first kappa shape index (κ1) is 27.4. The number of alkyl halides is 3. The molecule has 0 bridgehead atoms. The number of fused-ring (bicyclic) bond motifs is 1. The first-order valence-electron chi connectivity index (χ1n) is 11.9. The number of ether oxygens (including phenoxy) is 3. The summed E-state index contributed by atoms with van der Waals surface area (Å²) in [5.41, 5.74) is -0.803. The van der Waals surface area contributed by atoms with Gasteiger partial charge < -0.3 is 14.2 Å². The van der Waals surface area contributed by atoms with Gasteiger partial charge >= 0.3 is 12.1 Å². The van der Waals surface area contributed by atoms with E-state index in [0.717, 1.165) is 16.8 Å². The molecule has 0 radical (unpaired) electrons. The summed E-state index contributed by atoms with van der Waals surface area (Å²) < 4.78 is 57.4. The molecule has 0 aliphatic rings. The lowest BCUT2D eigenvalue weighted by atomic mass is 10.1. The summed E-state index contributed by atoms with van der Waals surface area (Å²) in [6.07, 6.45) is -4.30. The fourth-order valence-corrected chi connectivity index (χ4v) is 3.78. The Balaban J connectivity index is 1.87. The van der Waals surface area contributed by atoms with Crippen LogP contribution in [-0.2, 0) is 15.7 Å². The number of nitrogens with zero attached hydrogens (tertiary/aromatic N) is 3. The molecule has 8 nitrogen and oxygen atoms in total. The minimum Gasteiger partial charge on any atom is -0.493 e. The van der Waals surface area contributed by atoms with Gasteiger partial charge in [0.1, 0.15) is 0 Å². The molecule has 0 spiro atoms. The quantitative estimate of drug-likeness (QED) is 0.223. The molecule has 0 N–H and O–H groups in total. The molecule has 1 atom stereocenters. The molecule has 202 valence electrons. The molecule has 1 aromatic heterocycles. The van der Waals surface area contributed by atoms with Crippen molar-refractivity contribution in [1.82, 2.24) is 9.66 Å². The standard InChI is InChI=1S/C28H24F3N3O5/c1-4-38-27(36)17(2)39-24-19(10-8-14-23(24)37-3)16-32-34-25(18-9-7-11-20(15-18)28(29,30)31)33-22-13-6-5-12-21(22)26(34)35/h5-17H,4H2,1-3H3/t17-/m1/s1. The number of hydrogen-bond donors (Lipinski definition) is 0. The zero-order valence-electron chi connectivity index (χ0n) is 21.2. The van der Waals surface area contributed by atoms with E-state index in [1.165, 1.54) is 32.4 Å². The molecule has 1 heterocycles. The van der Waals surface area contributed by atoms with Crippen molar-refractivity contribution in [2.24, 2.45) is 5.10 Å². The lowest BCUT2D eigenvalue weighted by Gasteiger charge is -2.17. The van der Waals surface area contributed by atoms with Crippen LogP contribution in [0.5, 0.6) is 11.5 Å². The molecule has 0 unspecified atom stereocenters. The van der Waals surface area contributed by atoms with Crippen LogP contribution in [0.4, 0.5) is 13.2 Å². The number of methoxy groups -OCH3 is 1. The Kier molecular flexibility index (Phi) is 7.99. The van der Waals surface area contributed by atoms with Crippen LogP contribution < -0.4 is 15.0 Å². The summed E-state index contributed by atoms with van der Waals surface area (Å²) in [4.78, 5) is 30.0. The first-order chi connectivity index (χ1) is 18.6. The van der Waals surface area contributed by atoms with Crippen LogP contribution in [0.1, 0.15) is 25.0 Å². The largest absolute Gasteiger partial charge is 0.493 e. The average molecular weight is 540 g/mol. The van der Waals surface area contributed by atoms with Crippen molar-refractivity contribution in [3.8, 4) is 22.9 Å². The van der Waals surface area contributed by atoms with Gasteiger partial charge in [-0.1, -0.05) is 30.3 Å². The molecule has 0 amide bonds. The monoisotopic (exact) mass is 539 g/mol. The number of rotatable bonds is 8. The Bertz CT molecular complexity index is 1600. The summed E-state index contributed by atoms with van der Waals surface area (Å²) in [5.74, 6) is -0.233. The van der Waals surface area contributed by atoms with Crippen molar-refractivity contribution >= 4 is 23.1 Å². The molecule has 39 heavy (non-hydrogen) atoms. The van der Waals surface area contributed by atoms with Gasteiger partial charge in [0, 0.05) is 11.1 Å². The van der Waals surface area contributed by atoms with E-state index in [1.54, 1.807) is 49.4 Å². The van der Waals surface area contributed by atoms with Crippen molar-refractivity contribution in [3.05, 3.63) is 88.2 Å². The number of benzene rings is 3. The minimum atomic E-state index is -4.59. The lowest BCUT2D eigenvalue weighted by molar-refractivity contribution is -0.150. The third-order valence-electron chi connectivity index (χ3n) is 5.66. The number of esters is 1. The van der Waals surface area contributed by atoms with Crippen LogP contribution in [0.2, 0.25) is 0 Å². The normalized spacial score (nSPS) is 12.5. The molecule has 0 saturated heterocycles. The molecule has 11 heteroatoms.